The number of carbonyl (C=O) groups excluding carboxylic acids is 3. The summed E-state index contributed by atoms with van der Waals surface area (Å²) in [4.78, 5) is 46.4. The Balaban J connectivity index is 1.37. The topological polar surface area (TPSA) is 75.1 Å². The van der Waals surface area contributed by atoms with Crippen molar-refractivity contribution in [3.8, 4) is 17.0 Å². The molecule has 3 aromatic carbocycles. The first-order valence-corrected chi connectivity index (χ1v) is 16.2. The van der Waals surface area contributed by atoms with E-state index in [0.29, 0.717) is 56.0 Å². The van der Waals surface area contributed by atoms with Gasteiger partial charge < -0.3 is 24.0 Å². The van der Waals surface area contributed by atoms with Gasteiger partial charge >= 0.3 is 6.09 Å². The van der Waals surface area contributed by atoms with E-state index in [0.717, 1.165) is 52.9 Å². The molecule has 2 aliphatic heterocycles. The maximum absolute atomic E-state index is 14.4. The van der Waals surface area contributed by atoms with Crippen molar-refractivity contribution in [1.82, 2.24) is 19.3 Å². The normalized spacial score (nSPS) is 14.0. The van der Waals surface area contributed by atoms with E-state index in [4.69, 9.17) is 4.74 Å². The van der Waals surface area contributed by atoms with Crippen LogP contribution in [0.5, 0.6) is 5.75 Å². The Kier molecular flexibility index (Phi) is 8.97. The average Bonchev–Trinajstić information content (AvgIpc) is 3.38. The molecule has 0 bridgehead atoms. The lowest BCUT2D eigenvalue weighted by molar-refractivity contribution is 0.0734. The van der Waals surface area contributed by atoms with Gasteiger partial charge in [0.15, 0.2) is 0 Å². The Bertz CT molecular complexity index is 1780. The highest BCUT2D eigenvalue weighted by Gasteiger charge is 2.30. The van der Waals surface area contributed by atoms with E-state index in [2.05, 4.69) is 25.1 Å². The minimum absolute atomic E-state index is 0.0150. The molecule has 3 amide bonds. The van der Waals surface area contributed by atoms with Crippen LogP contribution in [0.4, 0.5) is 4.79 Å². The average molecular weight is 619 g/mol. The number of aromatic nitrogens is 1. The van der Waals surface area contributed by atoms with E-state index < -0.39 is 6.09 Å². The highest BCUT2D eigenvalue weighted by atomic mass is 16.6. The molecule has 0 spiro atoms. The maximum Gasteiger partial charge on any atom is 0.415 e. The number of hydrogen-bond donors (Lipinski definition) is 0. The van der Waals surface area contributed by atoms with E-state index in [1.165, 1.54) is 5.56 Å². The molecule has 0 unspecified atom stereocenters. The maximum atomic E-state index is 14.4. The van der Waals surface area contributed by atoms with Gasteiger partial charge in [0, 0.05) is 69.3 Å². The standard InChI is InChI=1S/C38H42N4O4/c1-5-6-18-39(3)36(43)32-23-35(40(4)26(32)2)33-21-28-17-20-42(38(45)46-31-14-8-7-9-15-31)25-30(28)22-34(33)37(44)41-19-16-27-12-10-11-13-29(27)24-41/h7-15,21-23H,5-6,16-20,24-25H2,1-4H3. The Labute approximate surface area is 271 Å². The van der Waals surface area contributed by atoms with Crippen molar-refractivity contribution >= 4 is 17.9 Å². The summed E-state index contributed by atoms with van der Waals surface area (Å²) in [7, 11) is 3.81. The van der Waals surface area contributed by atoms with Crippen LogP contribution < -0.4 is 4.74 Å². The van der Waals surface area contributed by atoms with E-state index in [1.54, 1.807) is 21.9 Å². The third kappa shape index (κ3) is 6.16. The molecule has 8 nitrogen and oxygen atoms in total. The first-order valence-electron chi connectivity index (χ1n) is 16.2. The van der Waals surface area contributed by atoms with Gasteiger partial charge in [-0.3, -0.25) is 9.59 Å². The Hall–Kier alpha value is -4.85. The van der Waals surface area contributed by atoms with Crippen LogP contribution in [0.3, 0.4) is 0 Å². The third-order valence-electron chi connectivity index (χ3n) is 9.44. The number of rotatable bonds is 7. The molecular weight excluding hydrogens is 576 g/mol. The number of nitrogens with zero attached hydrogens (tertiary/aromatic N) is 4. The lowest BCUT2D eigenvalue weighted by Gasteiger charge is -2.32. The zero-order valence-electron chi connectivity index (χ0n) is 27.2. The van der Waals surface area contributed by atoms with Gasteiger partial charge in [0.05, 0.1) is 5.56 Å². The van der Waals surface area contributed by atoms with E-state index in [1.807, 2.05) is 73.0 Å². The minimum Gasteiger partial charge on any atom is -0.410 e. The molecule has 1 aromatic heterocycles. The number of para-hydroxylation sites is 1. The summed E-state index contributed by atoms with van der Waals surface area (Å²) >= 11 is 0. The van der Waals surface area contributed by atoms with Gasteiger partial charge in [-0.25, -0.2) is 4.79 Å². The first-order chi connectivity index (χ1) is 22.2. The summed E-state index contributed by atoms with van der Waals surface area (Å²) in [5, 5.41) is 0. The van der Waals surface area contributed by atoms with Crippen LogP contribution in [0.2, 0.25) is 0 Å². The summed E-state index contributed by atoms with van der Waals surface area (Å²) in [5.74, 6) is 0.432. The van der Waals surface area contributed by atoms with Crippen LogP contribution in [-0.4, -0.2) is 63.9 Å². The smallest absolute Gasteiger partial charge is 0.410 e. The monoisotopic (exact) mass is 618 g/mol. The van der Waals surface area contributed by atoms with E-state index in [-0.39, 0.29) is 11.8 Å². The minimum atomic E-state index is -0.408. The largest absolute Gasteiger partial charge is 0.415 e. The van der Waals surface area contributed by atoms with Gasteiger partial charge in [0.1, 0.15) is 5.75 Å². The molecule has 0 fully saturated rings. The second kappa shape index (κ2) is 13.3. The van der Waals surface area contributed by atoms with Crippen molar-refractivity contribution in [3.05, 3.63) is 112 Å². The molecule has 238 valence electrons. The Morgan fingerprint density at radius 3 is 2.24 bits per heavy atom. The Morgan fingerprint density at radius 2 is 1.48 bits per heavy atom. The molecule has 0 saturated heterocycles. The van der Waals surface area contributed by atoms with Crippen molar-refractivity contribution in [1.29, 1.82) is 0 Å². The predicted octanol–water partition coefficient (Wildman–Crippen LogP) is 6.63. The number of ether oxygens (including phenoxy) is 1. The highest BCUT2D eigenvalue weighted by Crippen LogP contribution is 2.35. The van der Waals surface area contributed by atoms with Crippen molar-refractivity contribution in [2.24, 2.45) is 7.05 Å². The van der Waals surface area contributed by atoms with Crippen LogP contribution >= 0.6 is 0 Å². The molecule has 6 rings (SSSR count). The third-order valence-corrected chi connectivity index (χ3v) is 9.44. The van der Waals surface area contributed by atoms with Crippen molar-refractivity contribution < 1.29 is 19.1 Å². The Morgan fingerprint density at radius 1 is 0.804 bits per heavy atom. The molecule has 0 saturated carbocycles. The number of amides is 3. The predicted molar refractivity (Wildman–Crippen MR) is 179 cm³/mol. The van der Waals surface area contributed by atoms with Crippen molar-refractivity contribution in [2.45, 2.75) is 52.6 Å². The van der Waals surface area contributed by atoms with Gasteiger partial charge in [-0.1, -0.05) is 55.8 Å². The second-order valence-electron chi connectivity index (χ2n) is 12.4. The quantitative estimate of drug-likeness (QED) is 0.233. The van der Waals surface area contributed by atoms with Crippen LogP contribution in [0.15, 0.2) is 72.8 Å². The van der Waals surface area contributed by atoms with Crippen LogP contribution in [0.1, 0.15) is 68.4 Å². The molecule has 0 radical (unpaired) electrons. The molecule has 46 heavy (non-hydrogen) atoms. The number of benzene rings is 3. The molecule has 8 heteroatoms. The molecule has 4 aromatic rings. The second-order valence-corrected chi connectivity index (χ2v) is 12.4. The molecule has 2 aliphatic rings. The number of hydrogen-bond acceptors (Lipinski definition) is 4. The fourth-order valence-electron chi connectivity index (χ4n) is 6.52. The fourth-order valence-corrected chi connectivity index (χ4v) is 6.52. The fraction of sp³-hybridized carbons (Fsp3) is 0.342. The SMILES string of the molecule is CCCCN(C)C(=O)c1cc(-c2cc3c(cc2C(=O)N2CCc4ccccc4C2)CN(C(=O)Oc2ccccc2)CC3)n(C)c1C. The van der Waals surface area contributed by atoms with Crippen molar-refractivity contribution in [3.63, 3.8) is 0 Å². The van der Waals surface area contributed by atoms with Crippen LogP contribution in [0.25, 0.3) is 11.3 Å². The van der Waals surface area contributed by atoms with Gasteiger partial charge in [0.25, 0.3) is 11.8 Å². The van der Waals surface area contributed by atoms with E-state index in [9.17, 15) is 14.4 Å². The summed E-state index contributed by atoms with van der Waals surface area (Å²) in [5.41, 5.74) is 8.19. The van der Waals surface area contributed by atoms with Crippen LogP contribution in [0, 0.1) is 6.92 Å². The summed E-state index contributed by atoms with van der Waals surface area (Å²) in [6.07, 6.45) is 2.98. The lowest BCUT2D eigenvalue weighted by Crippen LogP contribution is -2.39. The first kappa shape index (κ1) is 31.1. The summed E-state index contributed by atoms with van der Waals surface area (Å²) in [6, 6.07) is 23.4. The van der Waals surface area contributed by atoms with Crippen molar-refractivity contribution in [2.75, 3.05) is 26.7 Å². The summed E-state index contributed by atoms with van der Waals surface area (Å²) in [6.45, 7) is 6.79. The molecule has 0 aliphatic carbocycles. The molecule has 3 heterocycles. The molecular formula is C38H42N4O4. The number of unbranched alkanes of at least 4 members (excludes halogenated alkanes) is 1. The zero-order chi connectivity index (χ0) is 32.4. The van der Waals surface area contributed by atoms with Gasteiger partial charge in [0.2, 0.25) is 0 Å². The van der Waals surface area contributed by atoms with Gasteiger partial charge in [-0.2, -0.15) is 0 Å². The zero-order valence-corrected chi connectivity index (χ0v) is 27.2. The number of carbonyl (C=O) groups is 3. The van der Waals surface area contributed by atoms with Gasteiger partial charge in [-0.05, 0) is 78.8 Å². The number of fused-ring (bicyclic) bond motifs is 2. The van der Waals surface area contributed by atoms with E-state index >= 15 is 0 Å². The lowest BCUT2D eigenvalue weighted by atomic mass is 9.91. The molecule has 0 N–H and O–H groups in total. The van der Waals surface area contributed by atoms with Crippen LogP contribution in [-0.2, 0) is 33.0 Å². The van der Waals surface area contributed by atoms with Gasteiger partial charge in [-0.15, -0.1) is 0 Å². The highest BCUT2D eigenvalue weighted by molar-refractivity contribution is 6.03. The summed E-state index contributed by atoms with van der Waals surface area (Å²) < 4.78 is 7.66. The molecule has 0 atom stereocenters.